The highest BCUT2D eigenvalue weighted by atomic mass is 16.1. The van der Waals surface area contributed by atoms with Gasteiger partial charge in [0.25, 0.3) is 0 Å². The van der Waals surface area contributed by atoms with Crippen molar-refractivity contribution < 1.29 is 4.79 Å². The number of hydrogen-bond donors (Lipinski definition) is 0. The van der Waals surface area contributed by atoms with E-state index in [0.29, 0.717) is 18.5 Å². The van der Waals surface area contributed by atoms with Crippen LogP contribution in [0, 0.1) is 6.92 Å². The molecule has 2 rings (SSSR count). The smallest absolute Gasteiger partial charge is 0.181 e. The molecule has 2 aromatic heterocycles. The Bertz CT molecular complexity index is 531. The minimum absolute atomic E-state index is 0.0786. The third-order valence-electron chi connectivity index (χ3n) is 2.70. The van der Waals surface area contributed by atoms with Gasteiger partial charge in [0, 0.05) is 31.1 Å². The number of ketones is 1. The monoisotopic (exact) mass is 229 g/mol. The first-order chi connectivity index (χ1) is 8.16. The minimum atomic E-state index is 0.0786. The summed E-state index contributed by atoms with van der Waals surface area (Å²) < 4.78 is 1.79. The number of pyridine rings is 1. The Kier molecular flexibility index (Phi) is 3.32. The predicted molar refractivity (Wildman–Crippen MR) is 64.8 cm³/mol. The van der Waals surface area contributed by atoms with Crippen LogP contribution in [-0.4, -0.2) is 20.5 Å². The number of rotatable bonds is 4. The van der Waals surface area contributed by atoms with E-state index < -0.39 is 0 Å². The summed E-state index contributed by atoms with van der Waals surface area (Å²) in [5.41, 5.74) is 2.48. The van der Waals surface area contributed by atoms with Gasteiger partial charge >= 0.3 is 0 Å². The Morgan fingerprint density at radius 3 is 2.82 bits per heavy atom. The first kappa shape index (κ1) is 11.5. The first-order valence-electron chi connectivity index (χ1n) is 5.60. The number of hydrogen-bond acceptors (Lipinski definition) is 3. The van der Waals surface area contributed by atoms with E-state index in [1.165, 1.54) is 0 Å². The number of carbonyl (C=O) groups is 1. The van der Waals surface area contributed by atoms with Gasteiger partial charge in [-0.05, 0) is 31.5 Å². The van der Waals surface area contributed by atoms with Crippen LogP contribution in [0.4, 0.5) is 0 Å². The van der Waals surface area contributed by atoms with Crippen molar-refractivity contribution in [2.75, 3.05) is 0 Å². The van der Waals surface area contributed by atoms with Crippen LogP contribution in [0.1, 0.15) is 28.3 Å². The molecule has 0 unspecified atom stereocenters. The molecule has 0 spiro atoms. The molecule has 0 N–H and O–H groups in total. The van der Waals surface area contributed by atoms with Gasteiger partial charge in [0.05, 0.1) is 0 Å². The molecule has 0 aliphatic rings. The third-order valence-corrected chi connectivity index (χ3v) is 2.70. The van der Waals surface area contributed by atoms with E-state index in [2.05, 4.69) is 10.1 Å². The van der Waals surface area contributed by atoms with Gasteiger partial charge in [-0.3, -0.25) is 14.5 Å². The summed E-state index contributed by atoms with van der Waals surface area (Å²) in [7, 11) is 1.88. The lowest BCUT2D eigenvalue weighted by molar-refractivity contribution is 0.0977. The number of nitrogens with zero attached hydrogens (tertiary/aromatic N) is 3. The topological polar surface area (TPSA) is 47.8 Å². The maximum Gasteiger partial charge on any atom is 0.181 e. The standard InChI is InChI=1S/C13H15N3O/c1-10-4-3-5-12(15-10)13(17)7-6-11-8-9-14-16(11)2/h3-5,8-9H,6-7H2,1-2H3. The van der Waals surface area contributed by atoms with Gasteiger partial charge in [0.1, 0.15) is 5.69 Å². The van der Waals surface area contributed by atoms with E-state index >= 15 is 0 Å². The van der Waals surface area contributed by atoms with Crippen molar-refractivity contribution >= 4 is 5.78 Å². The van der Waals surface area contributed by atoms with Crippen LogP contribution < -0.4 is 0 Å². The lowest BCUT2D eigenvalue weighted by Gasteiger charge is -2.02. The molecule has 0 aliphatic heterocycles. The third kappa shape index (κ3) is 2.78. The van der Waals surface area contributed by atoms with Crippen LogP contribution in [-0.2, 0) is 13.5 Å². The van der Waals surface area contributed by atoms with Gasteiger partial charge in [-0.2, -0.15) is 5.10 Å². The van der Waals surface area contributed by atoms with Crippen molar-refractivity contribution in [1.29, 1.82) is 0 Å². The molecule has 0 atom stereocenters. The molecular formula is C13H15N3O. The van der Waals surface area contributed by atoms with E-state index in [0.717, 1.165) is 11.4 Å². The number of aryl methyl sites for hydroxylation is 3. The molecule has 0 fully saturated rings. The summed E-state index contributed by atoms with van der Waals surface area (Å²) in [6, 6.07) is 7.44. The molecule has 0 saturated heterocycles. The predicted octanol–water partition coefficient (Wildman–Crippen LogP) is 1.94. The van der Waals surface area contributed by atoms with Crippen LogP contribution in [0.2, 0.25) is 0 Å². The summed E-state index contributed by atoms with van der Waals surface area (Å²) in [6.45, 7) is 1.89. The summed E-state index contributed by atoms with van der Waals surface area (Å²) >= 11 is 0. The van der Waals surface area contributed by atoms with Crippen molar-refractivity contribution in [3.63, 3.8) is 0 Å². The Morgan fingerprint density at radius 1 is 1.35 bits per heavy atom. The normalized spacial score (nSPS) is 10.5. The average molecular weight is 229 g/mol. The van der Waals surface area contributed by atoms with Gasteiger partial charge in [-0.15, -0.1) is 0 Å². The van der Waals surface area contributed by atoms with Crippen molar-refractivity contribution in [3.8, 4) is 0 Å². The molecule has 0 bridgehead atoms. The maximum atomic E-state index is 11.9. The molecule has 0 amide bonds. The highest BCUT2D eigenvalue weighted by Crippen LogP contribution is 2.06. The van der Waals surface area contributed by atoms with Gasteiger partial charge in [0.2, 0.25) is 0 Å². The van der Waals surface area contributed by atoms with Gasteiger partial charge in [-0.25, -0.2) is 0 Å². The van der Waals surface area contributed by atoms with Crippen LogP contribution in [0.5, 0.6) is 0 Å². The summed E-state index contributed by atoms with van der Waals surface area (Å²) in [4.78, 5) is 16.1. The lowest BCUT2D eigenvalue weighted by atomic mass is 10.1. The van der Waals surface area contributed by atoms with Crippen molar-refractivity contribution in [2.45, 2.75) is 19.8 Å². The fourth-order valence-electron chi connectivity index (χ4n) is 1.71. The molecule has 0 aromatic carbocycles. The number of carbonyl (C=O) groups excluding carboxylic acids is 1. The van der Waals surface area contributed by atoms with Crippen LogP contribution >= 0.6 is 0 Å². The van der Waals surface area contributed by atoms with Gasteiger partial charge in [0.15, 0.2) is 5.78 Å². The number of Topliss-reactive ketones (excluding diaryl/α,β-unsaturated/α-hetero) is 1. The second-order valence-corrected chi connectivity index (χ2v) is 4.03. The summed E-state index contributed by atoms with van der Waals surface area (Å²) in [5.74, 6) is 0.0786. The molecule has 0 aliphatic carbocycles. The zero-order chi connectivity index (χ0) is 12.3. The summed E-state index contributed by atoms with van der Waals surface area (Å²) in [6.07, 6.45) is 2.91. The second kappa shape index (κ2) is 4.91. The minimum Gasteiger partial charge on any atom is -0.292 e. The Morgan fingerprint density at radius 2 is 2.18 bits per heavy atom. The zero-order valence-corrected chi connectivity index (χ0v) is 10.1. The van der Waals surface area contributed by atoms with Crippen LogP contribution in [0.3, 0.4) is 0 Å². The fourth-order valence-corrected chi connectivity index (χ4v) is 1.71. The van der Waals surface area contributed by atoms with E-state index in [9.17, 15) is 4.79 Å². The zero-order valence-electron chi connectivity index (χ0n) is 10.1. The van der Waals surface area contributed by atoms with Crippen molar-refractivity contribution in [1.82, 2.24) is 14.8 Å². The highest BCUT2D eigenvalue weighted by Gasteiger charge is 2.08. The quantitative estimate of drug-likeness (QED) is 0.753. The average Bonchev–Trinajstić information content (AvgIpc) is 2.72. The van der Waals surface area contributed by atoms with E-state index in [1.54, 1.807) is 16.9 Å². The molecule has 0 saturated carbocycles. The Balaban J connectivity index is 2.01. The number of aromatic nitrogens is 3. The Hall–Kier alpha value is -1.97. The van der Waals surface area contributed by atoms with Crippen molar-refractivity contribution in [3.05, 3.63) is 47.5 Å². The van der Waals surface area contributed by atoms with Gasteiger partial charge in [-0.1, -0.05) is 6.07 Å². The molecule has 88 valence electrons. The fraction of sp³-hybridized carbons (Fsp3) is 0.308. The second-order valence-electron chi connectivity index (χ2n) is 4.03. The molecule has 17 heavy (non-hydrogen) atoms. The molecule has 2 heterocycles. The van der Waals surface area contributed by atoms with Crippen LogP contribution in [0.15, 0.2) is 30.5 Å². The van der Waals surface area contributed by atoms with Crippen molar-refractivity contribution in [2.24, 2.45) is 7.05 Å². The molecule has 0 radical (unpaired) electrons. The van der Waals surface area contributed by atoms with E-state index in [4.69, 9.17) is 0 Å². The largest absolute Gasteiger partial charge is 0.292 e. The summed E-state index contributed by atoms with van der Waals surface area (Å²) in [5, 5.41) is 4.07. The van der Waals surface area contributed by atoms with E-state index in [-0.39, 0.29) is 5.78 Å². The molecular weight excluding hydrogens is 214 g/mol. The first-order valence-corrected chi connectivity index (χ1v) is 5.60. The molecule has 4 nitrogen and oxygen atoms in total. The molecule has 4 heteroatoms. The van der Waals surface area contributed by atoms with E-state index in [1.807, 2.05) is 32.2 Å². The molecule has 2 aromatic rings. The highest BCUT2D eigenvalue weighted by molar-refractivity contribution is 5.94. The SMILES string of the molecule is Cc1cccc(C(=O)CCc2ccnn2C)n1. The van der Waals surface area contributed by atoms with Crippen LogP contribution in [0.25, 0.3) is 0 Å². The lowest BCUT2D eigenvalue weighted by Crippen LogP contribution is -2.06. The maximum absolute atomic E-state index is 11.9. The Labute approximate surface area is 100 Å². The van der Waals surface area contributed by atoms with Gasteiger partial charge < -0.3 is 0 Å².